The molecule has 168 valence electrons. The van der Waals surface area contributed by atoms with E-state index in [4.69, 9.17) is 0 Å². The first-order chi connectivity index (χ1) is 15.4. The molecular formula is C22H23FN4O3S2. The van der Waals surface area contributed by atoms with Gasteiger partial charge in [0.05, 0.1) is 23.2 Å². The molecule has 2 aromatic carbocycles. The molecule has 2 saturated heterocycles. The van der Waals surface area contributed by atoms with Crippen molar-refractivity contribution < 1.29 is 17.6 Å². The number of para-hydroxylation sites is 1. The summed E-state index contributed by atoms with van der Waals surface area (Å²) >= 11 is 1.45. The third-order valence-corrected chi connectivity index (χ3v) is 9.08. The number of halogens is 1. The number of hydrogen-bond donors (Lipinski definition) is 1. The number of sulfone groups is 1. The first-order valence-corrected chi connectivity index (χ1v) is 13.2. The Morgan fingerprint density at radius 3 is 2.59 bits per heavy atom. The van der Waals surface area contributed by atoms with Gasteiger partial charge in [0.1, 0.15) is 5.82 Å². The van der Waals surface area contributed by atoms with Crippen LogP contribution in [0.3, 0.4) is 0 Å². The van der Waals surface area contributed by atoms with Crippen molar-refractivity contribution in [3.8, 4) is 0 Å². The van der Waals surface area contributed by atoms with E-state index in [1.165, 1.54) is 17.8 Å². The molecule has 0 bridgehead atoms. The van der Waals surface area contributed by atoms with E-state index < -0.39 is 9.84 Å². The number of rotatable bonds is 3. The summed E-state index contributed by atoms with van der Waals surface area (Å²) in [6.45, 7) is 2.18. The van der Waals surface area contributed by atoms with Crippen LogP contribution in [0.4, 0.5) is 15.8 Å². The lowest BCUT2D eigenvalue weighted by atomic mass is 10.1. The molecule has 3 aliphatic rings. The fourth-order valence-corrected chi connectivity index (χ4v) is 7.99. The Balaban J connectivity index is 1.22. The number of carbonyl (C=O) groups is 1. The summed E-state index contributed by atoms with van der Waals surface area (Å²) in [6, 6.07) is 13.7. The van der Waals surface area contributed by atoms with Crippen LogP contribution in [0.1, 0.15) is 10.4 Å². The van der Waals surface area contributed by atoms with Gasteiger partial charge in [-0.05, 0) is 30.3 Å². The number of fused-ring (bicyclic) bond motifs is 1. The Bertz CT molecular complexity index is 1180. The van der Waals surface area contributed by atoms with E-state index in [0.717, 1.165) is 5.69 Å². The van der Waals surface area contributed by atoms with Gasteiger partial charge in [-0.25, -0.2) is 12.8 Å². The van der Waals surface area contributed by atoms with Crippen LogP contribution in [0.2, 0.25) is 0 Å². The summed E-state index contributed by atoms with van der Waals surface area (Å²) in [5.41, 5.74) is 1.88. The van der Waals surface area contributed by atoms with Gasteiger partial charge in [-0.2, -0.15) is 0 Å². The average Bonchev–Trinajstić information content (AvgIpc) is 3.26. The van der Waals surface area contributed by atoms with Gasteiger partial charge in [0, 0.05) is 42.7 Å². The van der Waals surface area contributed by atoms with Crippen molar-refractivity contribution in [1.82, 2.24) is 4.90 Å². The fourth-order valence-electron chi connectivity index (χ4n) is 4.31. The van der Waals surface area contributed by atoms with E-state index in [0.29, 0.717) is 42.6 Å². The van der Waals surface area contributed by atoms with E-state index in [1.54, 1.807) is 29.2 Å². The Kier molecular flexibility index (Phi) is 5.58. The molecule has 0 aromatic heterocycles. The summed E-state index contributed by atoms with van der Waals surface area (Å²) in [4.78, 5) is 21.3. The molecule has 2 fully saturated rings. The van der Waals surface area contributed by atoms with Crippen LogP contribution in [0, 0.1) is 5.82 Å². The molecule has 5 rings (SSSR count). The van der Waals surface area contributed by atoms with Crippen molar-refractivity contribution in [2.45, 2.75) is 11.3 Å². The van der Waals surface area contributed by atoms with E-state index in [-0.39, 0.29) is 34.5 Å². The molecule has 10 heteroatoms. The molecule has 1 amide bonds. The summed E-state index contributed by atoms with van der Waals surface area (Å²) in [6.07, 6.45) is 0. The highest BCUT2D eigenvalue weighted by molar-refractivity contribution is 8.15. The Morgan fingerprint density at radius 2 is 1.84 bits per heavy atom. The number of anilines is 2. The average molecular weight is 475 g/mol. The van der Waals surface area contributed by atoms with Crippen molar-refractivity contribution in [3.63, 3.8) is 0 Å². The number of aliphatic imine (C=N–C) groups is 1. The maximum atomic E-state index is 14.0. The Hall–Kier alpha value is -2.59. The lowest BCUT2D eigenvalue weighted by Gasteiger charge is -2.36. The first-order valence-electron chi connectivity index (χ1n) is 10.5. The second kappa shape index (κ2) is 8.40. The number of benzene rings is 2. The molecule has 3 heterocycles. The predicted molar refractivity (Wildman–Crippen MR) is 126 cm³/mol. The molecule has 2 atom stereocenters. The highest BCUT2D eigenvalue weighted by Crippen LogP contribution is 2.34. The summed E-state index contributed by atoms with van der Waals surface area (Å²) in [5.74, 6) is -0.0481. The number of nitrogens with zero attached hydrogens (tertiary/aromatic N) is 3. The molecule has 0 unspecified atom stereocenters. The third-order valence-electron chi connectivity index (χ3n) is 5.94. The van der Waals surface area contributed by atoms with Crippen LogP contribution in [-0.4, -0.2) is 73.4 Å². The van der Waals surface area contributed by atoms with Gasteiger partial charge in [0.2, 0.25) is 0 Å². The second-order valence-electron chi connectivity index (χ2n) is 8.17. The van der Waals surface area contributed by atoms with Crippen molar-refractivity contribution in [2.24, 2.45) is 4.99 Å². The van der Waals surface area contributed by atoms with E-state index >= 15 is 0 Å². The maximum Gasteiger partial charge on any atom is 0.254 e. The smallest absolute Gasteiger partial charge is 0.254 e. The first kappa shape index (κ1) is 21.3. The Morgan fingerprint density at radius 1 is 1.06 bits per heavy atom. The third kappa shape index (κ3) is 4.33. The number of hydrogen-bond acceptors (Lipinski definition) is 7. The van der Waals surface area contributed by atoms with E-state index in [9.17, 15) is 17.6 Å². The molecule has 1 N–H and O–H groups in total. The SMILES string of the molecule is O=C(c1cccc(NC2=N[C@@H]3CS(=O)(=O)C[C@@H]3S2)c1)N1CCN(c2ccccc2F)CC1. The zero-order chi connectivity index (χ0) is 22.3. The zero-order valence-electron chi connectivity index (χ0n) is 17.3. The van der Waals surface area contributed by atoms with Gasteiger partial charge in [-0.15, -0.1) is 0 Å². The monoisotopic (exact) mass is 474 g/mol. The molecule has 0 saturated carbocycles. The largest absolute Gasteiger partial charge is 0.366 e. The number of piperazine rings is 1. The molecule has 2 aromatic rings. The van der Waals surface area contributed by atoms with Gasteiger partial charge in [-0.3, -0.25) is 9.79 Å². The molecular weight excluding hydrogens is 451 g/mol. The molecule has 0 spiro atoms. The topological polar surface area (TPSA) is 82.1 Å². The van der Waals surface area contributed by atoms with Crippen molar-refractivity contribution in [2.75, 3.05) is 47.9 Å². The van der Waals surface area contributed by atoms with Crippen LogP contribution in [0.25, 0.3) is 0 Å². The second-order valence-corrected chi connectivity index (χ2v) is 11.6. The maximum absolute atomic E-state index is 14.0. The quantitative estimate of drug-likeness (QED) is 0.736. The van der Waals surface area contributed by atoms with Gasteiger partial charge in [0.15, 0.2) is 15.0 Å². The van der Waals surface area contributed by atoms with Crippen molar-refractivity contribution >= 4 is 44.0 Å². The van der Waals surface area contributed by atoms with E-state index in [1.807, 2.05) is 23.1 Å². The highest BCUT2D eigenvalue weighted by atomic mass is 32.2. The zero-order valence-corrected chi connectivity index (χ0v) is 18.9. The summed E-state index contributed by atoms with van der Waals surface area (Å²) in [7, 11) is -2.99. The number of amides is 1. The van der Waals surface area contributed by atoms with Gasteiger partial charge >= 0.3 is 0 Å². The summed E-state index contributed by atoms with van der Waals surface area (Å²) in [5, 5.41) is 3.89. The Labute approximate surface area is 190 Å². The van der Waals surface area contributed by atoms with Gasteiger partial charge < -0.3 is 15.1 Å². The molecule has 0 radical (unpaired) electrons. The minimum absolute atomic E-state index is 0.0296. The number of thioether (sulfide) groups is 1. The van der Waals surface area contributed by atoms with Crippen molar-refractivity contribution in [1.29, 1.82) is 0 Å². The van der Waals surface area contributed by atoms with E-state index in [2.05, 4.69) is 10.3 Å². The minimum atomic E-state index is -2.99. The lowest BCUT2D eigenvalue weighted by Crippen LogP contribution is -2.49. The number of amidine groups is 1. The van der Waals surface area contributed by atoms with Crippen LogP contribution >= 0.6 is 11.8 Å². The van der Waals surface area contributed by atoms with Crippen LogP contribution < -0.4 is 10.2 Å². The predicted octanol–water partition coefficient (Wildman–Crippen LogP) is 2.47. The normalized spacial score (nSPS) is 24.2. The molecule has 7 nitrogen and oxygen atoms in total. The minimum Gasteiger partial charge on any atom is -0.366 e. The van der Waals surface area contributed by atoms with Crippen LogP contribution in [0.5, 0.6) is 0 Å². The highest BCUT2D eigenvalue weighted by Gasteiger charge is 2.42. The fraction of sp³-hybridized carbons (Fsp3) is 0.364. The van der Waals surface area contributed by atoms with Gasteiger partial charge in [0.25, 0.3) is 5.91 Å². The number of carbonyl (C=O) groups excluding carboxylic acids is 1. The van der Waals surface area contributed by atoms with Crippen LogP contribution in [0.15, 0.2) is 53.5 Å². The van der Waals surface area contributed by atoms with Gasteiger partial charge in [-0.1, -0.05) is 30.0 Å². The van der Waals surface area contributed by atoms with Crippen molar-refractivity contribution in [3.05, 3.63) is 59.9 Å². The summed E-state index contributed by atoms with van der Waals surface area (Å²) < 4.78 is 37.5. The standard InChI is InChI=1S/C22H23FN4O3S2/c23-17-6-1-2-7-19(17)26-8-10-27(11-9-26)21(28)15-4-3-5-16(12-15)24-22-25-18-13-32(29,30)14-20(18)31-22/h1-7,12,18,20H,8-11,13-14H2,(H,24,25)/t18-,20+/m1/s1. The molecule has 0 aliphatic carbocycles. The molecule has 3 aliphatic heterocycles. The molecule has 32 heavy (non-hydrogen) atoms. The van der Waals surface area contributed by atoms with Crippen LogP contribution in [-0.2, 0) is 9.84 Å². The number of nitrogens with one attached hydrogen (secondary N) is 1. The lowest BCUT2D eigenvalue weighted by molar-refractivity contribution is 0.0746.